The zero-order chi connectivity index (χ0) is 17.3. The third kappa shape index (κ3) is 3.19. The molecule has 1 amide bonds. The van der Waals surface area contributed by atoms with E-state index in [0.717, 1.165) is 5.56 Å². The van der Waals surface area contributed by atoms with Gasteiger partial charge in [0.05, 0.1) is 11.2 Å². The minimum atomic E-state index is -3.58. The molecule has 2 aromatic rings. The fourth-order valence-electron chi connectivity index (χ4n) is 2.62. The molecule has 24 heavy (non-hydrogen) atoms. The summed E-state index contributed by atoms with van der Waals surface area (Å²) >= 11 is 5.80. The van der Waals surface area contributed by atoms with E-state index in [1.807, 2.05) is 0 Å². The summed E-state index contributed by atoms with van der Waals surface area (Å²) < 4.78 is 31.8. The number of carbonyl (C=O) groups is 1. The molecule has 1 aromatic carbocycles. The lowest BCUT2D eigenvalue weighted by Crippen LogP contribution is -2.50. The minimum absolute atomic E-state index is 0.202. The van der Waals surface area contributed by atoms with E-state index in [2.05, 4.69) is 0 Å². The van der Waals surface area contributed by atoms with Crippen molar-refractivity contribution in [3.05, 3.63) is 52.9 Å². The summed E-state index contributed by atoms with van der Waals surface area (Å²) in [6.07, 6.45) is 1.48. The van der Waals surface area contributed by atoms with Crippen LogP contribution in [0, 0.1) is 6.92 Å². The van der Waals surface area contributed by atoms with Gasteiger partial charge in [-0.1, -0.05) is 11.6 Å². The van der Waals surface area contributed by atoms with Gasteiger partial charge in [-0.05, 0) is 37.3 Å². The maximum Gasteiger partial charge on any atom is 0.289 e. The molecule has 0 N–H and O–H groups in total. The van der Waals surface area contributed by atoms with Crippen molar-refractivity contribution in [3.63, 3.8) is 0 Å². The van der Waals surface area contributed by atoms with Crippen LogP contribution in [0.5, 0.6) is 0 Å². The summed E-state index contributed by atoms with van der Waals surface area (Å²) in [5.74, 6) is 0.102. The Hall–Kier alpha value is -1.83. The average molecular weight is 369 g/mol. The second-order valence-corrected chi connectivity index (χ2v) is 7.96. The predicted molar refractivity (Wildman–Crippen MR) is 89.6 cm³/mol. The molecule has 1 aromatic heterocycles. The molecule has 0 atom stereocenters. The monoisotopic (exact) mass is 368 g/mol. The number of halogens is 1. The molecule has 1 saturated heterocycles. The van der Waals surface area contributed by atoms with Crippen molar-refractivity contribution in [3.8, 4) is 0 Å². The smallest absolute Gasteiger partial charge is 0.289 e. The van der Waals surface area contributed by atoms with E-state index >= 15 is 0 Å². The van der Waals surface area contributed by atoms with Gasteiger partial charge in [-0.3, -0.25) is 4.79 Å². The summed E-state index contributed by atoms with van der Waals surface area (Å²) in [5.41, 5.74) is 0.774. The van der Waals surface area contributed by atoms with Gasteiger partial charge in [0.1, 0.15) is 0 Å². The van der Waals surface area contributed by atoms with Crippen molar-refractivity contribution in [2.24, 2.45) is 0 Å². The number of hydrogen-bond donors (Lipinski definition) is 0. The second-order valence-electron chi connectivity index (χ2n) is 5.58. The summed E-state index contributed by atoms with van der Waals surface area (Å²) in [6, 6.07) is 7.80. The summed E-state index contributed by atoms with van der Waals surface area (Å²) in [4.78, 5) is 14.2. The van der Waals surface area contributed by atoms with Gasteiger partial charge in [0, 0.05) is 36.8 Å². The Kier molecular flexibility index (Phi) is 4.67. The van der Waals surface area contributed by atoms with Gasteiger partial charge in [-0.2, -0.15) is 4.31 Å². The molecule has 0 aliphatic carbocycles. The average Bonchev–Trinajstić information content (AvgIpc) is 3.01. The quantitative estimate of drug-likeness (QED) is 0.834. The molecule has 0 saturated carbocycles. The molecular formula is C16H17ClN2O4S. The lowest BCUT2D eigenvalue weighted by Gasteiger charge is -2.33. The first kappa shape index (κ1) is 17.0. The van der Waals surface area contributed by atoms with Gasteiger partial charge in [-0.15, -0.1) is 0 Å². The van der Waals surface area contributed by atoms with Crippen LogP contribution in [-0.2, 0) is 10.0 Å². The first-order valence-electron chi connectivity index (χ1n) is 7.48. The van der Waals surface area contributed by atoms with Crippen LogP contribution in [-0.4, -0.2) is 49.7 Å². The summed E-state index contributed by atoms with van der Waals surface area (Å²) in [6.45, 7) is 2.95. The predicted octanol–water partition coefficient (Wildman–Crippen LogP) is 2.39. The Bertz CT molecular complexity index is 837. The third-order valence-electron chi connectivity index (χ3n) is 4.03. The lowest BCUT2D eigenvalue weighted by molar-refractivity contribution is 0.0665. The van der Waals surface area contributed by atoms with Gasteiger partial charge < -0.3 is 9.32 Å². The number of carbonyl (C=O) groups excluding carboxylic acids is 1. The molecule has 0 bridgehead atoms. The molecule has 128 valence electrons. The molecule has 0 spiro atoms. The highest BCUT2D eigenvalue weighted by Gasteiger charge is 2.31. The largest absolute Gasteiger partial charge is 0.459 e. The van der Waals surface area contributed by atoms with Crippen LogP contribution in [0.1, 0.15) is 16.1 Å². The zero-order valence-corrected chi connectivity index (χ0v) is 14.7. The number of aryl methyl sites for hydroxylation is 1. The third-order valence-corrected chi connectivity index (χ3v) is 6.20. The van der Waals surface area contributed by atoms with Crippen LogP contribution >= 0.6 is 11.6 Å². The SMILES string of the molecule is Cc1ccoc1C(=O)N1CCN(S(=O)(=O)c2ccc(Cl)cc2)CC1. The van der Waals surface area contributed by atoms with E-state index in [-0.39, 0.29) is 23.9 Å². The molecule has 1 aliphatic heterocycles. The van der Waals surface area contributed by atoms with Gasteiger partial charge in [0.2, 0.25) is 10.0 Å². The highest BCUT2D eigenvalue weighted by Crippen LogP contribution is 2.21. The van der Waals surface area contributed by atoms with Crippen LogP contribution in [0.4, 0.5) is 0 Å². The number of amides is 1. The Labute approximate surface area is 145 Å². The maximum absolute atomic E-state index is 12.6. The number of furan rings is 1. The van der Waals surface area contributed by atoms with E-state index in [9.17, 15) is 13.2 Å². The summed E-state index contributed by atoms with van der Waals surface area (Å²) in [7, 11) is -3.58. The molecule has 3 rings (SSSR count). The number of piperazine rings is 1. The molecule has 0 radical (unpaired) electrons. The fourth-order valence-corrected chi connectivity index (χ4v) is 4.17. The number of hydrogen-bond acceptors (Lipinski definition) is 4. The Balaban J connectivity index is 1.69. The van der Waals surface area contributed by atoms with Crippen molar-refractivity contribution in [1.29, 1.82) is 0 Å². The van der Waals surface area contributed by atoms with E-state index in [0.29, 0.717) is 23.9 Å². The minimum Gasteiger partial charge on any atom is -0.459 e. The Morgan fingerprint density at radius 1 is 1.08 bits per heavy atom. The normalized spacial score (nSPS) is 16.3. The molecular weight excluding hydrogens is 352 g/mol. The lowest BCUT2D eigenvalue weighted by atomic mass is 10.2. The standard InChI is InChI=1S/C16H17ClN2O4S/c1-12-6-11-23-15(12)16(20)18-7-9-19(10-8-18)24(21,22)14-4-2-13(17)3-5-14/h2-6,11H,7-10H2,1H3. The first-order valence-corrected chi connectivity index (χ1v) is 9.30. The Morgan fingerprint density at radius 3 is 2.25 bits per heavy atom. The maximum atomic E-state index is 12.6. The van der Waals surface area contributed by atoms with Crippen molar-refractivity contribution in [2.45, 2.75) is 11.8 Å². The number of benzene rings is 1. The van der Waals surface area contributed by atoms with E-state index in [1.165, 1.54) is 22.7 Å². The molecule has 1 fully saturated rings. The number of rotatable bonds is 3. The Morgan fingerprint density at radius 2 is 1.71 bits per heavy atom. The van der Waals surface area contributed by atoms with Crippen molar-refractivity contribution >= 4 is 27.5 Å². The van der Waals surface area contributed by atoms with Gasteiger partial charge >= 0.3 is 0 Å². The summed E-state index contributed by atoms with van der Waals surface area (Å²) in [5, 5.41) is 0.484. The van der Waals surface area contributed by atoms with Crippen LogP contribution in [0.25, 0.3) is 0 Å². The second kappa shape index (κ2) is 6.58. The highest BCUT2D eigenvalue weighted by atomic mass is 35.5. The van der Waals surface area contributed by atoms with E-state index in [1.54, 1.807) is 30.0 Å². The van der Waals surface area contributed by atoms with Gasteiger partial charge in [-0.25, -0.2) is 8.42 Å². The van der Waals surface area contributed by atoms with Crippen molar-refractivity contribution in [2.75, 3.05) is 26.2 Å². The van der Waals surface area contributed by atoms with Crippen LogP contribution in [0.2, 0.25) is 5.02 Å². The fraction of sp³-hybridized carbons (Fsp3) is 0.312. The topological polar surface area (TPSA) is 70.8 Å². The zero-order valence-electron chi connectivity index (χ0n) is 13.1. The molecule has 0 unspecified atom stereocenters. The number of sulfonamides is 1. The molecule has 6 nitrogen and oxygen atoms in total. The van der Waals surface area contributed by atoms with Crippen LogP contribution < -0.4 is 0 Å². The van der Waals surface area contributed by atoms with E-state index in [4.69, 9.17) is 16.0 Å². The van der Waals surface area contributed by atoms with Gasteiger partial charge in [0.25, 0.3) is 5.91 Å². The van der Waals surface area contributed by atoms with Crippen molar-refractivity contribution in [1.82, 2.24) is 9.21 Å². The van der Waals surface area contributed by atoms with Gasteiger partial charge in [0.15, 0.2) is 5.76 Å². The molecule has 8 heteroatoms. The van der Waals surface area contributed by atoms with Crippen LogP contribution in [0.15, 0.2) is 45.9 Å². The first-order chi connectivity index (χ1) is 11.4. The highest BCUT2D eigenvalue weighted by molar-refractivity contribution is 7.89. The molecule has 2 heterocycles. The van der Waals surface area contributed by atoms with E-state index < -0.39 is 10.0 Å². The van der Waals surface area contributed by atoms with Crippen LogP contribution in [0.3, 0.4) is 0 Å². The number of nitrogens with zero attached hydrogens (tertiary/aromatic N) is 2. The molecule has 1 aliphatic rings. The van der Waals surface area contributed by atoms with Crippen molar-refractivity contribution < 1.29 is 17.6 Å².